The number of fused-ring (bicyclic) bond motifs is 1. The zero-order chi connectivity index (χ0) is 18.2. The van der Waals surface area contributed by atoms with Crippen molar-refractivity contribution >= 4 is 27.6 Å². The number of aryl methyl sites for hydroxylation is 1. The molecule has 3 rings (SSSR count). The second-order valence-corrected chi connectivity index (χ2v) is 7.38. The van der Waals surface area contributed by atoms with Crippen molar-refractivity contribution in [1.82, 2.24) is 0 Å². The summed E-state index contributed by atoms with van der Waals surface area (Å²) in [5.41, 5.74) is 2.55. The summed E-state index contributed by atoms with van der Waals surface area (Å²) in [4.78, 5) is 24.4. The molecule has 3 N–H and O–H groups in total. The number of hydrogen-bond donors (Lipinski definition) is 2. The number of nitrogens with two attached hydrogens (primary N) is 1. The first-order valence-corrected chi connectivity index (χ1v) is 9.03. The van der Waals surface area contributed by atoms with Gasteiger partial charge < -0.3 is 10.1 Å². The van der Waals surface area contributed by atoms with Crippen molar-refractivity contribution in [2.75, 3.05) is 5.32 Å². The molecule has 0 aliphatic carbocycles. The van der Waals surface area contributed by atoms with Gasteiger partial charge in [-0.05, 0) is 42.8 Å². The molecule has 0 fully saturated rings. The SMILES string of the molecule is Cc1ccc2c(c1)C(=O)OC(C(=O)Nc1ccc(S(N)(=O)=O)cc1)C2. The predicted octanol–water partition coefficient (Wildman–Crippen LogP) is 1.36. The molecule has 2 aromatic rings. The maximum absolute atomic E-state index is 12.3. The van der Waals surface area contributed by atoms with Crippen LogP contribution in [0.3, 0.4) is 0 Å². The zero-order valence-corrected chi connectivity index (χ0v) is 14.2. The normalized spacial score (nSPS) is 16.7. The quantitative estimate of drug-likeness (QED) is 0.802. The van der Waals surface area contributed by atoms with Crippen molar-refractivity contribution in [2.24, 2.45) is 5.14 Å². The van der Waals surface area contributed by atoms with Gasteiger partial charge in [0.2, 0.25) is 10.0 Å². The van der Waals surface area contributed by atoms with Crippen LogP contribution in [0.15, 0.2) is 47.4 Å². The van der Waals surface area contributed by atoms with E-state index in [-0.39, 0.29) is 11.3 Å². The number of ether oxygens (including phenoxy) is 1. The summed E-state index contributed by atoms with van der Waals surface area (Å²) in [5.74, 6) is -1.02. The highest BCUT2D eigenvalue weighted by atomic mass is 32.2. The zero-order valence-electron chi connectivity index (χ0n) is 13.4. The lowest BCUT2D eigenvalue weighted by Crippen LogP contribution is -2.38. The molecular weight excluding hydrogens is 344 g/mol. The van der Waals surface area contributed by atoms with E-state index in [1.165, 1.54) is 24.3 Å². The highest BCUT2D eigenvalue weighted by Crippen LogP contribution is 2.23. The fourth-order valence-corrected chi connectivity index (χ4v) is 3.10. The van der Waals surface area contributed by atoms with Crippen LogP contribution in [0, 0.1) is 6.92 Å². The minimum Gasteiger partial charge on any atom is -0.448 e. The van der Waals surface area contributed by atoms with Gasteiger partial charge in [0.25, 0.3) is 5.91 Å². The fraction of sp³-hybridized carbons (Fsp3) is 0.176. The Hall–Kier alpha value is -2.71. The van der Waals surface area contributed by atoms with Crippen LogP contribution in [0.4, 0.5) is 5.69 Å². The number of sulfonamides is 1. The number of carbonyl (C=O) groups is 2. The number of nitrogens with one attached hydrogen (secondary N) is 1. The minimum absolute atomic E-state index is 0.0566. The lowest BCUT2D eigenvalue weighted by atomic mass is 9.96. The Morgan fingerprint density at radius 2 is 1.88 bits per heavy atom. The Morgan fingerprint density at radius 3 is 2.52 bits per heavy atom. The average molecular weight is 360 g/mol. The number of rotatable bonds is 3. The minimum atomic E-state index is -3.79. The van der Waals surface area contributed by atoms with Gasteiger partial charge in [0, 0.05) is 12.1 Å². The van der Waals surface area contributed by atoms with Gasteiger partial charge in [-0.1, -0.05) is 17.7 Å². The van der Waals surface area contributed by atoms with Gasteiger partial charge in [0.15, 0.2) is 6.10 Å². The first-order valence-electron chi connectivity index (χ1n) is 7.48. The molecule has 1 aliphatic rings. The van der Waals surface area contributed by atoms with E-state index in [0.717, 1.165) is 11.1 Å². The standard InChI is InChI=1S/C17H16N2O5S/c1-10-2-3-11-9-15(24-17(21)14(11)8-10)16(20)19-12-4-6-13(7-5-12)25(18,22)23/h2-8,15H,9H2,1H3,(H,19,20)(H2,18,22,23). The summed E-state index contributed by atoms with van der Waals surface area (Å²) in [6.45, 7) is 1.87. The molecule has 0 spiro atoms. The summed E-state index contributed by atoms with van der Waals surface area (Å²) in [7, 11) is -3.79. The number of esters is 1. The summed E-state index contributed by atoms with van der Waals surface area (Å²) < 4.78 is 27.7. The molecule has 8 heteroatoms. The summed E-state index contributed by atoms with van der Waals surface area (Å²) in [5, 5.41) is 7.62. The van der Waals surface area contributed by atoms with Crippen LogP contribution in [0.2, 0.25) is 0 Å². The Balaban J connectivity index is 1.74. The smallest absolute Gasteiger partial charge is 0.339 e. The fourth-order valence-electron chi connectivity index (χ4n) is 2.59. The maximum atomic E-state index is 12.3. The lowest BCUT2D eigenvalue weighted by molar-refractivity contribution is -0.125. The van der Waals surface area contributed by atoms with E-state index in [1.807, 2.05) is 19.1 Å². The molecule has 1 unspecified atom stereocenters. The summed E-state index contributed by atoms with van der Waals surface area (Å²) in [6, 6.07) is 10.8. The molecule has 7 nitrogen and oxygen atoms in total. The third-order valence-electron chi connectivity index (χ3n) is 3.88. The Bertz CT molecular complexity index is 952. The van der Waals surface area contributed by atoms with Gasteiger partial charge in [-0.2, -0.15) is 0 Å². The highest BCUT2D eigenvalue weighted by molar-refractivity contribution is 7.89. The number of anilines is 1. The molecule has 1 atom stereocenters. The third kappa shape index (κ3) is 3.70. The highest BCUT2D eigenvalue weighted by Gasteiger charge is 2.31. The van der Waals surface area contributed by atoms with Gasteiger partial charge in [0.05, 0.1) is 10.5 Å². The van der Waals surface area contributed by atoms with Crippen LogP contribution in [0.5, 0.6) is 0 Å². The molecule has 0 radical (unpaired) electrons. The van der Waals surface area contributed by atoms with Gasteiger partial charge in [-0.15, -0.1) is 0 Å². The number of hydrogen-bond acceptors (Lipinski definition) is 5. The van der Waals surface area contributed by atoms with Gasteiger partial charge in [0.1, 0.15) is 0 Å². The van der Waals surface area contributed by atoms with Crippen molar-refractivity contribution in [3.63, 3.8) is 0 Å². The average Bonchev–Trinajstić information content (AvgIpc) is 2.55. The first kappa shape index (κ1) is 17.1. The summed E-state index contributed by atoms with van der Waals surface area (Å²) >= 11 is 0. The van der Waals surface area contributed by atoms with Crippen LogP contribution < -0.4 is 10.5 Å². The second-order valence-electron chi connectivity index (χ2n) is 5.82. The molecule has 0 saturated heterocycles. The number of carbonyl (C=O) groups excluding carboxylic acids is 2. The lowest BCUT2D eigenvalue weighted by Gasteiger charge is -2.24. The van der Waals surface area contributed by atoms with Crippen LogP contribution in [0.25, 0.3) is 0 Å². The van der Waals surface area contributed by atoms with Crippen LogP contribution >= 0.6 is 0 Å². The number of cyclic esters (lactones) is 1. The topological polar surface area (TPSA) is 116 Å². The van der Waals surface area contributed by atoms with E-state index in [9.17, 15) is 18.0 Å². The van der Waals surface area contributed by atoms with Crippen molar-refractivity contribution < 1.29 is 22.7 Å². The number of amides is 1. The molecule has 1 aliphatic heterocycles. The van der Waals surface area contributed by atoms with Gasteiger partial charge in [-0.25, -0.2) is 18.4 Å². The first-order chi connectivity index (χ1) is 11.7. The maximum Gasteiger partial charge on any atom is 0.339 e. The van der Waals surface area contributed by atoms with E-state index in [2.05, 4.69) is 5.32 Å². The largest absolute Gasteiger partial charge is 0.448 e. The van der Waals surface area contributed by atoms with Crippen molar-refractivity contribution in [2.45, 2.75) is 24.3 Å². The molecule has 0 aromatic heterocycles. The number of primary sulfonamides is 1. The molecule has 0 saturated carbocycles. The van der Waals surface area contributed by atoms with Gasteiger partial charge in [-0.3, -0.25) is 4.79 Å². The predicted molar refractivity (Wildman–Crippen MR) is 90.5 cm³/mol. The molecule has 2 aromatic carbocycles. The molecule has 1 amide bonds. The Kier molecular flexibility index (Phi) is 4.32. The van der Waals surface area contributed by atoms with Crippen LogP contribution in [-0.2, 0) is 26.0 Å². The van der Waals surface area contributed by atoms with E-state index >= 15 is 0 Å². The second kappa shape index (κ2) is 6.30. The molecule has 25 heavy (non-hydrogen) atoms. The van der Waals surface area contributed by atoms with Gasteiger partial charge >= 0.3 is 5.97 Å². The van der Waals surface area contributed by atoms with Crippen molar-refractivity contribution in [1.29, 1.82) is 0 Å². The molecular formula is C17H16N2O5S. The van der Waals surface area contributed by atoms with Crippen LogP contribution in [0.1, 0.15) is 21.5 Å². The number of benzene rings is 2. The van der Waals surface area contributed by atoms with E-state index in [0.29, 0.717) is 11.3 Å². The molecule has 130 valence electrons. The van der Waals surface area contributed by atoms with Crippen LogP contribution in [-0.4, -0.2) is 26.4 Å². The van der Waals surface area contributed by atoms with Crippen molar-refractivity contribution in [3.8, 4) is 0 Å². The molecule has 0 bridgehead atoms. The van der Waals surface area contributed by atoms with E-state index in [1.54, 1.807) is 6.07 Å². The Morgan fingerprint density at radius 1 is 1.20 bits per heavy atom. The molecule has 1 heterocycles. The monoisotopic (exact) mass is 360 g/mol. The third-order valence-corrected chi connectivity index (χ3v) is 4.81. The van der Waals surface area contributed by atoms with Crippen molar-refractivity contribution in [3.05, 3.63) is 59.2 Å². The summed E-state index contributed by atoms with van der Waals surface area (Å²) in [6.07, 6.45) is -0.664. The van der Waals surface area contributed by atoms with E-state index in [4.69, 9.17) is 9.88 Å². The Labute approximate surface area is 144 Å². The van der Waals surface area contributed by atoms with E-state index < -0.39 is 28.0 Å².